The largest absolute Gasteiger partial charge is 0.468 e. The standard InChI is InChI=1S/C16H30N2O3/c1-4-17-16(2,15(19)20-3)9-6-10-18-11-12-21-14-8-5-7-13(14)18/h13-14,17H,4-12H2,1-3H3. The Labute approximate surface area is 128 Å². The van der Waals surface area contributed by atoms with Crippen LogP contribution in [0.5, 0.6) is 0 Å². The first-order valence-corrected chi connectivity index (χ1v) is 8.30. The van der Waals surface area contributed by atoms with E-state index in [1.807, 2.05) is 13.8 Å². The fourth-order valence-electron chi connectivity index (χ4n) is 3.80. The normalized spacial score (nSPS) is 28.9. The van der Waals surface area contributed by atoms with Crippen molar-refractivity contribution in [2.24, 2.45) is 0 Å². The van der Waals surface area contributed by atoms with E-state index >= 15 is 0 Å². The van der Waals surface area contributed by atoms with Gasteiger partial charge in [0, 0.05) is 12.6 Å². The summed E-state index contributed by atoms with van der Waals surface area (Å²) in [7, 11) is 1.46. The molecule has 3 atom stereocenters. The highest BCUT2D eigenvalue weighted by molar-refractivity contribution is 5.80. The zero-order valence-corrected chi connectivity index (χ0v) is 13.7. The van der Waals surface area contributed by atoms with E-state index in [0.29, 0.717) is 12.1 Å². The first kappa shape index (κ1) is 16.7. The molecule has 1 saturated carbocycles. The van der Waals surface area contributed by atoms with E-state index < -0.39 is 5.54 Å². The van der Waals surface area contributed by atoms with Gasteiger partial charge in [-0.2, -0.15) is 0 Å². The topological polar surface area (TPSA) is 50.8 Å². The second kappa shape index (κ2) is 7.56. The van der Waals surface area contributed by atoms with E-state index in [9.17, 15) is 4.79 Å². The molecular formula is C16H30N2O3. The molecule has 2 rings (SSSR count). The van der Waals surface area contributed by atoms with Crippen LogP contribution >= 0.6 is 0 Å². The van der Waals surface area contributed by atoms with Crippen LogP contribution < -0.4 is 5.32 Å². The lowest BCUT2D eigenvalue weighted by Crippen LogP contribution is -2.52. The number of carbonyl (C=O) groups is 1. The quantitative estimate of drug-likeness (QED) is 0.723. The number of nitrogens with zero attached hydrogens (tertiary/aromatic N) is 1. The highest BCUT2D eigenvalue weighted by Crippen LogP contribution is 2.30. The summed E-state index contributed by atoms with van der Waals surface area (Å²) in [4.78, 5) is 14.5. The van der Waals surface area contributed by atoms with Crippen LogP contribution in [0, 0.1) is 0 Å². The summed E-state index contributed by atoms with van der Waals surface area (Å²) in [5.41, 5.74) is -0.565. The number of morpholine rings is 1. The van der Waals surface area contributed by atoms with Gasteiger partial charge in [-0.25, -0.2) is 0 Å². The highest BCUT2D eigenvalue weighted by atomic mass is 16.5. The number of nitrogens with one attached hydrogen (secondary N) is 1. The predicted molar refractivity (Wildman–Crippen MR) is 82.3 cm³/mol. The Morgan fingerprint density at radius 1 is 1.48 bits per heavy atom. The summed E-state index contributed by atoms with van der Waals surface area (Å²) in [6.45, 7) is 7.66. The first-order valence-electron chi connectivity index (χ1n) is 8.30. The van der Waals surface area contributed by atoms with Crippen molar-refractivity contribution in [2.45, 2.75) is 63.6 Å². The van der Waals surface area contributed by atoms with E-state index in [0.717, 1.165) is 39.1 Å². The molecule has 21 heavy (non-hydrogen) atoms. The van der Waals surface area contributed by atoms with Gasteiger partial charge in [0.05, 0.1) is 19.8 Å². The average Bonchev–Trinajstić information content (AvgIpc) is 2.96. The van der Waals surface area contributed by atoms with Crippen molar-refractivity contribution in [2.75, 3.05) is 33.4 Å². The molecule has 3 unspecified atom stereocenters. The van der Waals surface area contributed by atoms with Crippen molar-refractivity contribution in [3.05, 3.63) is 0 Å². The van der Waals surface area contributed by atoms with Crippen molar-refractivity contribution < 1.29 is 14.3 Å². The van der Waals surface area contributed by atoms with Gasteiger partial charge in [-0.3, -0.25) is 9.69 Å². The molecule has 0 amide bonds. The fourth-order valence-corrected chi connectivity index (χ4v) is 3.80. The molecule has 0 aromatic carbocycles. The maximum Gasteiger partial charge on any atom is 0.325 e. The van der Waals surface area contributed by atoms with Gasteiger partial charge in [0.1, 0.15) is 5.54 Å². The minimum Gasteiger partial charge on any atom is -0.468 e. The monoisotopic (exact) mass is 298 g/mol. The van der Waals surface area contributed by atoms with E-state index in [1.54, 1.807) is 0 Å². The Morgan fingerprint density at radius 2 is 2.29 bits per heavy atom. The van der Waals surface area contributed by atoms with Gasteiger partial charge in [0.25, 0.3) is 0 Å². The van der Waals surface area contributed by atoms with Gasteiger partial charge < -0.3 is 14.8 Å². The van der Waals surface area contributed by atoms with E-state index in [-0.39, 0.29) is 5.97 Å². The number of rotatable bonds is 7. The second-order valence-electron chi connectivity index (χ2n) is 6.40. The number of hydrogen-bond donors (Lipinski definition) is 1. The molecule has 0 radical (unpaired) electrons. The molecule has 0 aromatic rings. The van der Waals surface area contributed by atoms with Crippen LogP contribution in [0.4, 0.5) is 0 Å². The maximum absolute atomic E-state index is 12.0. The van der Waals surface area contributed by atoms with Crippen molar-refractivity contribution >= 4 is 5.97 Å². The van der Waals surface area contributed by atoms with Crippen molar-refractivity contribution in [3.8, 4) is 0 Å². The van der Waals surface area contributed by atoms with Crippen LogP contribution in [0.15, 0.2) is 0 Å². The van der Waals surface area contributed by atoms with Gasteiger partial charge in [-0.05, 0) is 52.1 Å². The molecule has 1 aliphatic carbocycles. The Morgan fingerprint density at radius 3 is 3.00 bits per heavy atom. The number of hydrogen-bond acceptors (Lipinski definition) is 5. The van der Waals surface area contributed by atoms with Crippen LogP contribution in [0.3, 0.4) is 0 Å². The summed E-state index contributed by atoms with van der Waals surface area (Å²) in [5.74, 6) is -0.162. The van der Waals surface area contributed by atoms with Crippen molar-refractivity contribution in [3.63, 3.8) is 0 Å². The Kier molecular flexibility index (Phi) is 6.02. The third-order valence-electron chi connectivity index (χ3n) is 4.92. The molecule has 0 bridgehead atoms. The molecule has 2 fully saturated rings. The van der Waals surface area contributed by atoms with Crippen molar-refractivity contribution in [1.82, 2.24) is 10.2 Å². The van der Waals surface area contributed by atoms with Crippen LogP contribution in [-0.2, 0) is 14.3 Å². The van der Waals surface area contributed by atoms with Crippen LogP contribution in [0.2, 0.25) is 0 Å². The number of methoxy groups -OCH3 is 1. The van der Waals surface area contributed by atoms with Gasteiger partial charge in [0.2, 0.25) is 0 Å². The minimum absolute atomic E-state index is 0.162. The molecule has 1 heterocycles. The molecule has 2 aliphatic rings. The number of ether oxygens (including phenoxy) is 2. The molecule has 0 aromatic heterocycles. The van der Waals surface area contributed by atoms with Gasteiger partial charge >= 0.3 is 5.97 Å². The van der Waals surface area contributed by atoms with E-state index in [2.05, 4.69) is 10.2 Å². The number of carbonyl (C=O) groups excluding carboxylic acids is 1. The lowest BCUT2D eigenvalue weighted by atomic mass is 9.95. The van der Waals surface area contributed by atoms with Crippen LogP contribution in [-0.4, -0.2) is 61.9 Å². The molecule has 1 saturated heterocycles. The molecule has 5 heteroatoms. The lowest BCUT2D eigenvalue weighted by molar-refractivity contribution is -0.148. The maximum atomic E-state index is 12.0. The molecular weight excluding hydrogens is 268 g/mol. The summed E-state index contributed by atoms with van der Waals surface area (Å²) in [6, 6.07) is 0.599. The fraction of sp³-hybridized carbons (Fsp3) is 0.938. The predicted octanol–water partition coefficient (Wildman–Crippen LogP) is 1.56. The second-order valence-corrected chi connectivity index (χ2v) is 6.40. The number of esters is 1. The van der Waals surface area contributed by atoms with Crippen LogP contribution in [0.25, 0.3) is 0 Å². The molecule has 1 aliphatic heterocycles. The Bertz CT molecular complexity index is 350. The molecule has 122 valence electrons. The SMILES string of the molecule is CCNC(C)(CCCN1CCOC2CCCC21)C(=O)OC. The van der Waals surface area contributed by atoms with Gasteiger partial charge in [0.15, 0.2) is 0 Å². The number of fused-ring (bicyclic) bond motifs is 1. The lowest BCUT2D eigenvalue weighted by Gasteiger charge is -2.38. The zero-order chi connectivity index (χ0) is 15.3. The zero-order valence-electron chi connectivity index (χ0n) is 13.7. The smallest absolute Gasteiger partial charge is 0.325 e. The Hall–Kier alpha value is -0.650. The summed E-state index contributed by atoms with van der Waals surface area (Å²) >= 11 is 0. The van der Waals surface area contributed by atoms with Gasteiger partial charge in [-0.1, -0.05) is 6.92 Å². The Balaban J connectivity index is 1.82. The number of likely N-dealkylation sites (N-methyl/N-ethyl adjacent to an activating group) is 1. The van der Waals surface area contributed by atoms with E-state index in [1.165, 1.54) is 26.4 Å². The molecule has 5 nitrogen and oxygen atoms in total. The van der Waals surface area contributed by atoms with Crippen molar-refractivity contribution in [1.29, 1.82) is 0 Å². The first-order chi connectivity index (χ1) is 10.1. The summed E-state index contributed by atoms with van der Waals surface area (Å²) in [6.07, 6.45) is 6.00. The molecule has 0 spiro atoms. The summed E-state index contributed by atoms with van der Waals surface area (Å²) in [5, 5.41) is 3.28. The average molecular weight is 298 g/mol. The third-order valence-corrected chi connectivity index (χ3v) is 4.92. The molecule has 1 N–H and O–H groups in total. The minimum atomic E-state index is -0.565. The third kappa shape index (κ3) is 3.96. The van der Waals surface area contributed by atoms with Gasteiger partial charge in [-0.15, -0.1) is 0 Å². The summed E-state index contributed by atoms with van der Waals surface area (Å²) < 4.78 is 10.8. The van der Waals surface area contributed by atoms with Crippen LogP contribution in [0.1, 0.15) is 46.0 Å². The highest BCUT2D eigenvalue weighted by Gasteiger charge is 2.37. The van der Waals surface area contributed by atoms with E-state index in [4.69, 9.17) is 9.47 Å².